The lowest BCUT2D eigenvalue weighted by Gasteiger charge is -2.18. The molecule has 0 saturated heterocycles. The Morgan fingerprint density at radius 1 is 1.14 bits per heavy atom. The van der Waals surface area contributed by atoms with E-state index < -0.39 is 0 Å². The van der Waals surface area contributed by atoms with E-state index in [0.29, 0.717) is 5.82 Å². The van der Waals surface area contributed by atoms with Gasteiger partial charge < -0.3 is 0 Å². The maximum Gasteiger partial charge on any atom is 0.203 e. The monoisotopic (exact) mass is 191 g/mol. The molecule has 0 aromatic carbocycles. The third kappa shape index (κ3) is 1.95. The van der Waals surface area contributed by atoms with Gasteiger partial charge in [0, 0.05) is 5.92 Å². The van der Waals surface area contributed by atoms with Gasteiger partial charge in [0.15, 0.2) is 5.82 Å². The molecule has 0 amide bonds. The first kappa shape index (κ1) is 9.24. The molecule has 1 saturated carbocycles. The Labute approximate surface area is 82.8 Å². The SMILES string of the molecule is O=C(c1ncncn1)C1CCCCC1. The van der Waals surface area contributed by atoms with Crippen LogP contribution in [0.1, 0.15) is 42.7 Å². The molecular weight excluding hydrogens is 178 g/mol. The first-order valence-corrected chi connectivity index (χ1v) is 5.04. The molecule has 0 atom stereocenters. The molecule has 0 radical (unpaired) electrons. The van der Waals surface area contributed by atoms with Gasteiger partial charge in [-0.15, -0.1) is 0 Å². The summed E-state index contributed by atoms with van der Waals surface area (Å²) >= 11 is 0. The van der Waals surface area contributed by atoms with Crippen molar-refractivity contribution in [3.8, 4) is 0 Å². The molecule has 0 aliphatic heterocycles. The number of hydrogen-bond donors (Lipinski definition) is 0. The van der Waals surface area contributed by atoms with Gasteiger partial charge in [-0.05, 0) is 12.8 Å². The van der Waals surface area contributed by atoms with Crippen molar-refractivity contribution in [1.82, 2.24) is 15.0 Å². The van der Waals surface area contributed by atoms with Crippen LogP contribution in [0.3, 0.4) is 0 Å². The van der Waals surface area contributed by atoms with Gasteiger partial charge in [-0.2, -0.15) is 0 Å². The van der Waals surface area contributed by atoms with Crippen LogP contribution >= 0.6 is 0 Å². The normalized spacial score (nSPS) is 18.0. The van der Waals surface area contributed by atoms with Gasteiger partial charge in [0.05, 0.1) is 0 Å². The van der Waals surface area contributed by atoms with E-state index in [1.807, 2.05) is 0 Å². The maximum absolute atomic E-state index is 11.8. The quantitative estimate of drug-likeness (QED) is 0.667. The highest BCUT2D eigenvalue weighted by Crippen LogP contribution is 2.25. The zero-order chi connectivity index (χ0) is 9.80. The highest BCUT2D eigenvalue weighted by Gasteiger charge is 2.23. The van der Waals surface area contributed by atoms with E-state index >= 15 is 0 Å². The van der Waals surface area contributed by atoms with Crippen LogP contribution < -0.4 is 0 Å². The van der Waals surface area contributed by atoms with Crippen LogP contribution in [0, 0.1) is 5.92 Å². The molecule has 74 valence electrons. The molecule has 1 aromatic rings. The lowest BCUT2D eigenvalue weighted by atomic mass is 9.86. The highest BCUT2D eigenvalue weighted by atomic mass is 16.1. The first-order chi connectivity index (χ1) is 6.88. The van der Waals surface area contributed by atoms with E-state index in [2.05, 4.69) is 15.0 Å². The second kappa shape index (κ2) is 4.26. The van der Waals surface area contributed by atoms with Crippen LogP contribution in [-0.2, 0) is 0 Å². The topological polar surface area (TPSA) is 55.7 Å². The number of carbonyl (C=O) groups excluding carboxylic acids is 1. The number of rotatable bonds is 2. The Balaban J connectivity index is 2.07. The summed E-state index contributed by atoms with van der Waals surface area (Å²) in [6.07, 6.45) is 8.30. The van der Waals surface area contributed by atoms with Crippen LogP contribution in [0.5, 0.6) is 0 Å². The van der Waals surface area contributed by atoms with Crippen molar-refractivity contribution in [3.63, 3.8) is 0 Å². The Hall–Kier alpha value is -1.32. The summed E-state index contributed by atoms with van der Waals surface area (Å²) in [5, 5.41) is 0. The fourth-order valence-corrected chi connectivity index (χ4v) is 1.91. The number of Topliss-reactive ketones (excluding diaryl/α,β-unsaturated/α-hetero) is 1. The van der Waals surface area contributed by atoms with Crippen LogP contribution in [0.25, 0.3) is 0 Å². The van der Waals surface area contributed by atoms with Gasteiger partial charge in [-0.25, -0.2) is 15.0 Å². The van der Waals surface area contributed by atoms with Crippen molar-refractivity contribution in [3.05, 3.63) is 18.5 Å². The maximum atomic E-state index is 11.8. The molecule has 0 unspecified atom stereocenters. The largest absolute Gasteiger partial charge is 0.290 e. The molecule has 1 aliphatic carbocycles. The second-order valence-corrected chi connectivity index (χ2v) is 3.66. The zero-order valence-electron chi connectivity index (χ0n) is 8.02. The van der Waals surface area contributed by atoms with Gasteiger partial charge in [0.1, 0.15) is 12.7 Å². The van der Waals surface area contributed by atoms with Gasteiger partial charge >= 0.3 is 0 Å². The van der Waals surface area contributed by atoms with E-state index in [9.17, 15) is 4.79 Å². The number of carbonyl (C=O) groups is 1. The fourth-order valence-electron chi connectivity index (χ4n) is 1.91. The summed E-state index contributed by atoms with van der Waals surface area (Å²) in [7, 11) is 0. The van der Waals surface area contributed by atoms with Crippen LogP contribution in [-0.4, -0.2) is 20.7 Å². The third-order valence-corrected chi connectivity index (χ3v) is 2.69. The third-order valence-electron chi connectivity index (χ3n) is 2.69. The number of hydrogen-bond acceptors (Lipinski definition) is 4. The molecule has 0 N–H and O–H groups in total. The molecule has 4 nitrogen and oxygen atoms in total. The van der Waals surface area contributed by atoms with Crippen LogP contribution in [0.15, 0.2) is 12.7 Å². The minimum absolute atomic E-state index is 0.0899. The molecule has 2 rings (SSSR count). The van der Waals surface area contributed by atoms with Crippen LogP contribution in [0.2, 0.25) is 0 Å². The molecule has 1 heterocycles. The van der Waals surface area contributed by atoms with Crippen molar-refractivity contribution in [2.75, 3.05) is 0 Å². The minimum Gasteiger partial charge on any atom is -0.290 e. The molecule has 1 fully saturated rings. The van der Waals surface area contributed by atoms with E-state index in [1.54, 1.807) is 0 Å². The Morgan fingerprint density at radius 2 is 1.79 bits per heavy atom. The Kier molecular flexibility index (Phi) is 2.81. The summed E-state index contributed by atoms with van der Waals surface area (Å²) in [4.78, 5) is 23.3. The molecule has 1 aromatic heterocycles. The van der Waals surface area contributed by atoms with Gasteiger partial charge in [-0.3, -0.25) is 4.79 Å². The van der Waals surface area contributed by atoms with E-state index in [4.69, 9.17) is 0 Å². The zero-order valence-corrected chi connectivity index (χ0v) is 8.02. The van der Waals surface area contributed by atoms with Crippen molar-refractivity contribution in [1.29, 1.82) is 0 Å². The number of ketones is 1. The molecular formula is C10H13N3O. The average Bonchev–Trinajstić information content (AvgIpc) is 2.30. The Morgan fingerprint density at radius 3 is 2.43 bits per heavy atom. The summed E-state index contributed by atoms with van der Waals surface area (Å²) < 4.78 is 0. The van der Waals surface area contributed by atoms with Gasteiger partial charge in [0.2, 0.25) is 5.78 Å². The van der Waals surface area contributed by atoms with Crippen molar-refractivity contribution < 1.29 is 4.79 Å². The molecule has 0 spiro atoms. The lowest BCUT2D eigenvalue weighted by molar-refractivity contribution is 0.0878. The molecule has 1 aliphatic rings. The molecule has 0 bridgehead atoms. The summed E-state index contributed by atoms with van der Waals surface area (Å²) in [5.41, 5.74) is 0. The standard InChI is InChI=1S/C10H13N3O/c14-9(8-4-2-1-3-5-8)10-12-6-11-7-13-10/h6-8H,1-5H2. The number of aromatic nitrogens is 3. The predicted molar refractivity (Wildman–Crippen MR) is 50.7 cm³/mol. The molecule has 4 heteroatoms. The van der Waals surface area contributed by atoms with E-state index in [0.717, 1.165) is 25.7 Å². The Bertz CT molecular complexity index is 306. The predicted octanol–water partition coefficient (Wildman–Crippen LogP) is 1.63. The molecule has 14 heavy (non-hydrogen) atoms. The lowest BCUT2D eigenvalue weighted by Crippen LogP contribution is -2.20. The first-order valence-electron chi connectivity index (χ1n) is 5.04. The summed E-state index contributed by atoms with van der Waals surface area (Å²) in [6, 6.07) is 0. The highest BCUT2D eigenvalue weighted by molar-refractivity contribution is 5.94. The van der Waals surface area contributed by atoms with Gasteiger partial charge in [-0.1, -0.05) is 19.3 Å². The smallest absolute Gasteiger partial charge is 0.203 e. The second-order valence-electron chi connectivity index (χ2n) is 3.66. The fraction of sp³-hybridized carbons (Fsp3) is 0.600. The number of nitrogens with zero attached hydrogens (tertiary/aromatic N) is 3. The average molecular weight is 191 g/mol. The van der Waals surface area contributed by atoms with Gasteiger partial charge in [0.25, 0.3) is 0 Å². The van der Waals surface area contributed by atoms with E-state index in [1.165, 1.54) is 19.1 Å². The summed E-state index contributed by atoms with van der Waals surface area (Å²) in [5.74, 6) is 0.560. The van der Waals surface area contributed by atoms with E-state index in [-0.39, 0.29) is 11.7 Å². The van der Waals surface area contributed by atoms with Crippen molar-refractivity contribution >= 4 is 5.78 Å². The summed E-state index contributed by atoms with van der Waals surface area (Å²) in [6.45, 7) is 0. The van der Waals surface area contributed by atoms with Crippen molar-refractivity contribution in [2.45, 2.75) is 32.1 Å². The van der Waals surface area contributed by atoms with Crippen LogP contribution in [0.4, 0.5) is 0 Å². The minimum atomic E-state index is 0.0899. The van der Waals surface area contributed by atoms with Crippen molar-refractivity contribution in [2.24, 2.45) is 5.92 Å².